The van der Waals surface area contributed by atoms with Crippen molar-refractivity contribution in [3.8, 4) is 0 Å². The largest absolute Gasteiger partial charge is 0.466 e. The second-order valence-electron chi connectivity index (χ2n) is 0.614. The maximum absolute atomic E-state index is 9.62. The van der Waals surface area contributed by atoms with Crippen LogP contribution in [0, 0.1) is 0 Å². The van der Waals surface area contributed by atoms with E-state index >= 15 is 0 Å². The molecule has 0 heterocycles. The predicted octanol–water partition coefficient (Wildman–Crippen LogP) is -0.0457. The molecule has 0 aliphatic heterocycles. The summed E-state index contributed by atoms with van der Waals surface area (Å²) in [6, 6.07) is 0. The molecule has 0 aliphatic carbocycles. The molecule has 0 amide bonds. The third kappa shape index (κ3) is 164000. The number of alkyl halides is 2. The van der Waals surface area contributed by atoms with Crippen LogP contribution in [0.3, 0.4) is 0 Å². The molecule has 0 aromatic carbocycles. The molecular formula is CH5F2O4P. The molecule has 0 radical (unpaired) electrons. The molecule has 0 atom stereocenters. The van der Waals surface area contributed by atoms with Crippen molar-refractivity contribution in [2.45, 2.75) is 0 Å². The van der Waals surface area contributed by atoms with Gasteiger partial charge in [-0.15, -0.1) is 0 Å². The Morgan fingerprint density at radius 1 is 1.25 bits per heavy atom. The van der Waals surface area contributed by atoms with Gasteiger partial charge >= 0.3 is 7.82 Å². The van der Waals surface area contributed by atoms with Gasteiger partial charge in [0, 0.05) is 0 Å². The second kappa shape index (κ2) is 5.11. The van der Waals surface area contributed by atoms with Crippen LogP contribution in [0.15, 0.2) is 0 Å². The zero-order chi connectivity index (χ0) is 7.21. The molecule has 3 N–H and O–H groups in total. The van der Waals surface area contributed by atoms with Crippen molar-refractivity contribution in [3.05, 3.63) is 0 Å². The third-order valence-corrected chi connectivity index (χ3v) is 0. The lowest BCUT2D eigenvalue weighted by atomic mass is 11.7. The Balaban J connectivity index is 0. The average Bonchev–Trinajstić information content (AvgIpc) is 1.27. The zero-order valence-electron chi connectivity index (χ0n) is 3.66. The van der Waals surface area contributed by atoms with Crippen LogP contribution in [0.2, 0.25) is 0 Å². The van der Waals surface area contributed by atoms with Crippen molar-refractivity contribution in [1.29, 1.82) is 0 Å². The molecule has 0 saturated heterocycles. The fraction of sp³-hybridized carbons (Fsp3) is 1.00. The molecule has 0 spiro atoms. The Bertz CT molecular complexity index is 69.8. The van der Waals surface area contributed by atoms with Gasteiger partial charge in [0.1, 0.15) is 0 Å². The van der Waals surface area contributed by atoms with Crippen LogP contribution in [0.4, 0.5) is 8.78 Å². The van der Waals surface area contributed by atoms with E-state index in [0.717, 1.165) is 0 Å². The van der Waals surface area contributed by atoms with Gasteiger partial charge in [0.05, 0.1) is 0 Å². The van der Waals surface area contributed by atoms with Crippen molar-refractivity contribution in [2.75, 3.05) is 6.93 Å². The summed E-state index contributed by atoms with van der Waals surface area (Å²) in [4.78, 5) is 21.6. The van der Waals surface area contributed by atoms with E-state index in [1.54, 1.807) is 0 Å². The maximum Gasteiger partial charge on any atom is 0.466 e. The summed E-state index contributed by atoms with van der Waals surface area (Å²) in [5.74, 6) is 0. The smallest absolute Gasteiger partial charge is 0.303 e. The van der Waals surface area contributed by atoms with E-state index in [4.69, 9.17) is 19.2 Å². The van der Waals surface area contributed by atoms with Gasteiger partial charge in [-0.05, 0) is 0 Å². The minimum atomic E-state index is -4.64. The predicted molar refractivity (Wildman–Crippen MR) is 21.3 cm³/mol. The molecule has 0 aromatic heterocycles. The van der Waals surface area contributed by atoms with Crippen molar-refractivity contribution in [2.24, 2.45) is 0 Å². The molecule has 7 heteroatoms. The number of phosphoric acid groups is 1. The molecule has 0 fully saturated rings. The van der Waals surface area contributed by atoms with Gasteiger partial charge in [-0.3, -0.25) is 0 Å². The number of hydrogen-bond donors (Lipinski definition) is 3. The van der Waals surface area contributed by atoms with Crippen molar-refractivity contribution >= 4 is 7.82 Å². The molecule has 4 nitrogen and oxygen atoms in total. The van der Waals surface area contributed by atoms with Crippen molar-refractivity contribution in [3.63, 3.8) is 0 Å². The number of rotatable bonds is 0. The molecule has 52 valence electrons. The Morgan fingerprint density at radius 2 is 1.25 bits per heavy atom. The lowest BCUT2D eigenvalue weighted by Gasteiger charge is -1.82. The minimum absolute atomic E-state index is 1.75. The topological polar surface area (TPSA) is 77.8 Å². The first-order valence-corrected chi connectivity index (χ1v) is 2.88. The van der Waals surface area contributed by atoms with Gasteiger partial charge < -0.3 is 14.7 Å². The average molecular weight is 150 g/mol. The Labute approximate surface area is 44.0 Å². The summed E-state index contributed by atoms with van der Waals surface area (Å²) in [6.07, 6.45) is 0. The minimum Gasteiger partial charge on any atom is -0.303 e. The van der Waals surface area contributed by atoms with Gasteiger partial charge in [0.25, 0.3) is 0 Å². The Hall–Kier alpha value is -0.0300. The highest BCUT2D eigenvalue weighted by Crippen LogP contribution is 2.25. The van der Waals surface area contributed by atoms with E-state index in [-0.39, 0.29) is 0 Å². The van der Waals surface area contributed by atoms with Crippen LogP contribution in [0.1, 0.15) is 0 Å². The maximum atomic E-state index is 9.62. The van der Waals surface area contributed by atoms with Crippen LogP contribution in [0.25, 0.3) is 0 Å². The fourth-order valence-electron chi connectivity index (χ4n) is 0. The van der Waals surface area contributed by atoms with E-state index in [9.17, 15) is 8.78 Å². The van der Waals surface area contributed by atoms with Crippen molar-refractivity contribution < 1.29 is 28.0 Å². The Morgan fingerprint density at radius 3 is 1.25 bits per heavy atom. The molecule has 0 aromatic rings. The van der Waals surface area contributed by atoms with Gasteiger partial charge in [0.15, 0.2) is 0 Å². The molecule has 0 bridgehead atoms. The first-order valence-electron chi connectivity index (χ1n) is 1.32. The van der Waals surface area contributed by atoms with E-state index in [0.29, 0.717) is 0 Å². The van der Waals surface area contributed by atoms with Gasteiger partial charge in [-0.1, -0.05) is 0 Å². The van der Waals surface area contributed by atoms with Crippen LogP contribution < -0.4 is 0 Å². The third-order valence-electron chi connectivity index (χ3n) is 0. The van der Waals surface area contributed by atoms with Gasteiger partial charge in [0.2, 0.25) is 6.93 Å². The molecule has 0 saturated carbocycles. The van der Waals surface area contributed by atoms with E-state index in [2.05, 4.69) is 0 Å². The quantitative estimate of drug-likeness (QED) is 0.423. The summed E-state index contributed by atoms with van der Waals surface area (Å²) < 4.78 is 28.1. The van der Waals surface area contributed by atoms with E-state index in [1.165, 1.54) is 0 Å². The molecule has 8 heavy (non-hydrogen) atoms. The highest BCUT2D eigenvalue weighted by molar-refractivity contribution is 7.45. The number of halogens is 2. The number of hydrogen-bond acceptors (Lipinski definition) is 1. The highest BCUT2D eigenvalue weighted by atomic mass is 31.2. The molecular weight excluding hydrogens is 145 g/mol. The summed E-state index contributed by atoms with van der Waals surface area (Å²) >= 11 is 0. The van der Waals surface area contributed by atoms with Crippen LogP contribution in [-0.4, -0.2) is 21.6 Å². The first-order chi connectivity index (χ1) is 3.41. The zero-order valence-corrected chi connectivity index (χ0v) is 4.55. The normalized spacial score (nSPS) is 9.62. The first kappa shape index (κ1) is 10.9. The second-order valence-corrected chi connectivity index (χ2v) is 1.64. The van der Waals surface area contributed by atoms with Crippen LogP contribution in [0.5, 0.6) is 0 Å². The summed E-state index contributed by atoms with van der Waals surface area (Å²) in [7, 11) is -4.64. The molecule has 0 rings (SSSR count). The molecule has 0 unspecified atom stereocenters. The van der Waals surface area contributed by atoms with Crippen LogP contribution in [-0.2, 0) is 4.57 Å². The highest BCUT2D eigenvalue weighted by Gasteiger charge is 2.00. The summed E-state index contributed by atoms with van der Waals surface area (Å²) in [6.45, 7) is -1.75. The molecule has 0 aliphatic rings. The van der Waals surface area contributed by atoms with Crippen LogP contribution >= 0.6 is 7.82 Å². The fourth-order valence-corrected chi connectivity index (χ4v) is 0. The lowest BCUT2D eigenvalue weighted by molar-refractivity contribution is 0.275. The van der Waals surface area contributed by atoms with Crippen molar-refractivity contribution in [1.82, 2.24) is 0 Å². The van der Waals surface area contributed by atoms with Gasteiger partial charge in [-0.2, -0.15) is 0 Å². The standard InChI is InChI=1S/CH2F2.H3O4P/c2-1-3;1-5(2,3)4/h1H2;(H3,1,2,3,4). The Kier molecular flexibility index (Phi) is 6.94. The lowest BCUT2D eigenvalue weighted by Crippen LogP contribution is -1.66. The van der Waals surface area contributed by atoms with E-state index in [1.807, 2.05) is 0 Å². The van der Waals surface area contributed by atoms with E-state index < -0.39 is 14.8 Å². The monoisotopic (exact) mass is 150 g/mol. The van der Waals surface area contributed by atoms with Gasteiger partial charge in [-0.25, -0.2) is 13.3 Å². The SMILES string of the molecule is FCF.O=P(O)(O)O. The summed E-state index contributed by atoms with van der Waals surface area (Å²) in [5, 5.41) is 0. The summed E-state index contributed by atoms with van der Waals surface area (Å²) in [5.41, 5.74) is 0.